The van der Waals surface area contributed by atoms with Crippen molar-refractivity contribution >= 4 is 34.4 Å². The summed E-state index contributed by atoms with van der Waals surface area (Å²) >= 11 is 1.09. The van der Waals surface area contributed by atoms with Gasteiger partial charge in [-0.3, -0.25) is 9.59 Å². The maximum atomic E-state index is 12.0. The van der Waals surface area contributed by atoms with Gasteiger partial charge in [0.25, 0.3) is 0 Å². The summed E-state index contributed by atoms with van der Waals surface area (Å²) < 4.78 is 5.07. The molecule has 1 heterocycles. The zero-order chi connectivity index (χ0) is 13.8. The standard InChI is InChI=1S/C12H13N3O3S/c1-18-8-4-2-3-7(5-8)14-11(17)9-6-10(16)15-12(13)19-9/h2-5,9H,6H2,1H3,(H,14,17)(H2,13,15,16)/t9-/m1/s1. The van der Waals surface area contributed by atoms with E-state index in [-0.39, 0.29) is 23.4 Å². The molecule has 6 nitrogen and oxygen atoms in total. The first-order chi connectivity index (χ1) is 9.08. The topological polar surface area (TPSA) is 93.8 Å². The molecule has 2 amide bonds. The smallest absolute Gasteiger partial charge is 0.249 e. The molecule has 0 unspecified atom stereocenters. The van der Waals surface area contributed by atoms with E-state index in [4.69, 9.17) is 10.5 Å². The molecule has 1 atom stereocenters. The minimum atomic E-state index is -0.545. The summed E-state index contributed by atoms with van der Waals surface area (Å²) in [6, 6.07) is 6.99. The third-order valence-corrected chi connectivity index (χ3v) is 3.49. The van der Waals surface area contributed by atoms with Crippen molar-refractivity contribution in [3.63, 3.8) is 0 Å². The number of carbonyl (C=O) groups excluding carboxylic acids is 2. The van der Waals surface area contributed by atoms with Crippen LogP contribution in [0.3, 0.4) is 0 Å². The van der Waals surface area contributed by atoms with Crippen LogP contribution >= 0.6 is 11.8 Å². The number of nitrogens with one attached hydrogen (secondary N) is 1. The molecule has 2 rings (SSSR count). The number of hydrogen-bond acceptors (Lipinski definition) is 5. The van der Waals surface area contributed by atoms with Gasteiger partial charge in [0, 0.05) is 11.8 Å². The van der Waals surface area contributed by atoms with E-state index in [0.29, 0.717) is 11.4 Å². The number of aliphatic imine (C=N–C) groups is 1. The number of amides is 2. The Morgan fingerprint density at radius 1 is 1.58 bits per heavy atom. The van der Waals surface area contributed by atoms with E-state index in [1.54, 1.807) is 31.4 Å². The van der Waals surface area contributed by atoms with Crippen molar-refractivity contribution in [2.24, 2.45) is 10.7 Å². The molecule has 0 aromatic heterocycles. The third kappa shape index (κ3) is 3.47. The van der Waals surface area contributed by atoms with Crippen LogP contribution in [-0.4, -0.2) is 29.3 Å². The lowest BCUT2D eigenvalue weighted by Gasteiger charge is -2.17. The first-order valence-electron chi connectivity index (χ1n) is 5.57. The SMILES string of the molecule is COc1cccc(NC(=O)[C@H]2CC(=O)N=C(N)S2)c1. The summed E-state index contributed by atoms with van der Waals surface area (Å²) in [4.78, 5) is 26.9. The maximum absolute atomic E-state index is 12.0. The van der Waals surface area contributed by atoms with Gasteiger partial charge in [0.15, 0.2) is 5.17 Å². The van der Waals surface area contributed by atoms with Gasteiger partial charge in [-0.1, -0.05) is 17.8 Å². The number of nitrogens with two attached hydrogens (primary N) is 1. The van der Waals surface area contributed by atoms with Gasteiger partial charge in [-0.25, -0.2) is 0 Å². The van der Waals surface area contributed by atoms with Gasteiger partial charge in [0.05, 0.1) is 13.5 Å². The first kappa shape index (κ1) is 13.4. The Labute approximate surface area is 114 Å². The van der Waals surface area contributed by atoms with Crippen LogP contribution in [-0.2, 0) is 9.59 Å². The number of nitrogens with zero attached hydrogens (tertiary/aromatic N) is 1. The fourth-order valence-corrected chi connectivity index (χ4v) is 2.45. The summed E-state index contributed by atoms with van der Waals surface area (Å²) in [5.41, 5.74) is 6.09. The maximum Gasteiger partial charge on any atom is 0.249 e. The highest BCUT2D eigenvalue weighted by molar-refractivity contribution is 8.15. The van der Waals surface area contributed by atoms with E-state index in [1.165, 1.54) is 0 Å². The van der Waals surface area contributed by atoms with E-state index in [9.17, 15) is 9.59 Å². The van der Waals surface area contributed by atoms with Crippen molar-refractivity contribution in [3.8, 4) is 5.75 Å². The molecular formula is C12H13N3O3S. The average Bonchev–Trinajstić information content (AvgIpc) is 2.37. The van der Waals surface area contributed by atoms with Crippen molar-refractivity contribution < 1.29 is 14.3 Å². The van der Waals surface area contributed by atoms with Crippen LogP contribution in [0.1, 0.15) is 6.42 Å². The number of thioether (sulfide) groups is 1. The van der Waals surface area contributed by atoms with Crippen molar-refractivity contribution in [2.45, 2.75) is 11.7 Å². The number of ether oxygens (including phenoxy) is 1. The molecule has 3 N–H and O–H groups in total. The lowest BCUT2D eigenvalue weighted by molar-refractivity contribution is -0.121. The van der Waals surface area contributed by atoms with Gasteiger partial charge in [-0.15, -0.1) is 0 Å². The molecule has 0 saturated heterocycles. The number of methoxy groups -OCH3 is 1. The van der Waals surface area contributed by atoms with Crippen LogP contribution < -0.4 is 15.8 Å². The molecule has 19 heavy (non-hydrogen) atoms. The molecule has 0 spiro atoms. The molecule has 100 valence electrons. The van der Waals surface area contributed by atoms with Gasteiger partial charge < -0.3 is 15.8 Å². The molecule has 7 heteroatoms. The molecule has 1 aliphatic heterocycles. The predicted octanol–water partition coefficient (Wildman–Crippen LogP) is 0.980. The second kappa shape index (κ2) is 5.75. The second-order valence-electron chi connectivity index (χ2n) is 3.88. The Balaban J connectivity index is 2.05. The van der Waals surface area contributed by atoms with Crippen LogP contribution in [0.2, 0.25) is 0 Å². The summed E-state index contributed by atoms with van der Waals surface area (Å²) in [6.45, 7) is 0. The van der Waals surface area contributed by atoms with Crippen LogP contribution in [0.4, 0.5) is 5.69 Å². The van der Waals surface area contributed by atoms with E-state index in [1.807, 2.05) is 0 Å². The quantitative estimate of drug-likeness (QED) is 0.860. The molecular weight excluding hydrogens is 266 g/mol. The van der Waals surface area contributed by atoms with Crippen molar-refractivity contribution in [1.29, 1.82) is 0 Å². The van der Waals surface area contributed by atoms with E-state index < -0.39 is 5.25 Å². The third-order valence-electron chi connectivity index (χ3n) is 2.49. The Bertz CT molecular complexity index is 545. The summed E-state index contributed by atoms with van der Waals surface area (Å²) in [5.74, 6) is -0.00209. The molecule has 0 radical (unpaired) electrons. The van der Waals surface area contributed by atoms with Crippen LogP contribution in [0.15, 0.2) is 29.3 Å². The molecule has 1 aromatic carbocycles. The molecule has 1 aliphatic rings. The van der Waals surface area contributed by atoms with Gasteiger partial charge in [-0.05, 0) is 12.1 Å². The average molecular weight is 279 g/mol. The molecule has 0 saturated carbocycles. The van der Waals surface area contributed by atoms with Gasteiger partial charge >= 0.3 is 0 Å². The Hall–Kier alpha value is -2.02. The highest BCUT2D eigenvalue weighted by atomic mass is 32.2. The van der Waals surface area contributed by atoms with E-state index >= 15 is 0 Å². The van der Waals surface area contributed by atoms with Crippen molar-refractivity contribution in [3.05, 3.63) is 24.3 Å². The Morgan fingerprint density at radius 2 is 2.37 bits per heavy atom. The fourth-order valence-electron chi connectivity index (χ4n) is 1.61. The van der Waals surface area contributed by atoms with Crippen LogP contribution in [0.5, 0.6) is 5.75 Å². The van der Waals surface area contributed by atoms with Crippen molar-refractivity contribution in [2.75, 3.05) is 12.4 Å². The monoisotopic (exact) mass is 279 g/mol. The molecule has 0 aliphatic carbocycles. The van der Waals surface area contributed by atoms with Gasteiger partial charge in [0.1, 0.15) is 11.0 Å². The molecule has 0 bridgehead atoms. The van der Waals surface area contributed by atoms with E-state index in [2.05, 4.69) is 10.3 Å². The molecule has 0 fully saturated rings. The molecule has 1 aromatic rings. The largest absolute Gasteiger partial charge is 0.497 e. The predicted molar refractivity (Wildman–Crippen MR) is 74.2 cm³/mol. The highest BCUT2D eigenvalue weighted by Gasteiger charge is 2.27. The first-order valence-corrected chi connectivity index (χ1v) is 6.45. The normalized spacial score (nSPS) is 18.7. The zero-order valence-electron chi connectivity index (χ0n) is 10.3. The minimum absolute atomic E-state index is 0.0567. The number of anilines is 1. The minimum Gasteiger partial charge on any atom is -0.497 e. The highest BCUT2D eigenvalue weighted by Crippen LogP contribution is 2.23. The van der Waals surface area contributed by atoms with E-state index in [0.717, 1.165) is 11.8 Å². The van der Waals surface area contributed by atoms with Gasteiger partial charge in [-0.2, -0.15) is 4.99 Å². The Kier molecular flexibility index (Phi) is 4.06. The lowest BCUT2D eigenvalue weighted by atomic mass is 10.2. The second-order valence-corrected chi connectivity index (χ2v) is 5.10. The van der Waals surface area contributed by atoms with Crippen LogP contribution in [0.25, 0.3) is 0 Å². The van der Waals surface area contributed by atoms with Gasteiger partial charge in [0.2, 0.25) is 11.8 Å². The number of amidine groups is 1. The summed E-state index contributed by atoms with van der Waals surface area (Å²) in [7, 11) is 1.55. The zero-order valence-corrected chi connectivity index (χ0v) is 11.1. The lowest BCUT2D eigenvalue weighted by Crippen LogP contribution is -2.33. The summed E-state index contributed by atoms with van der Waals surface area (Å²) in [5, 5.41) is 2.31. The number of hydrogen-bond donors (Lipinski definition) is 2. The number of carbonyl (C=O) groups is 2. The van der Waals surface area contributed by atoms with Crippen LogP contribution in [0, 0.1) is 0 Å². The summed E-state index contributed by atoms with van der Waals surface area (Å²) in [6.07, 6.45) is 0.0567. The van der Waals surface area contributed by atoms with Crippen molar-refractivity contribution in [1.82, 2.24) is 0 Å². The Morgan fingerprint density at radius 3 is 3.05 bits per heavy atom. The fraction of sp³-hybridized carbons (Fsp3) is 0.250. The number of benzene rings is 1. The number of rotatable bonds is 3.